The number of nitrogens with zero attached hydrogens (tertiary/aromatic N) is 4. The minimum Gasteiger partial charge on any atom is -0.493 e. The van der Waals surface area contributed by atoms with Crippen molar-refractivity contribution in [3.05, 3.63) is 29.8 Å². The Morgan fingerprint density at radius 2 is 2.04 bits per heavy atom. The predicted molar refractivity (Wildman–Crippen MR) is 90.0 cm³/mol. The van der Waals surface area contributed by atoms with E-state index in [2.05, 4.69) is 19.7 Å². The fraction of sp³-hybridized carbons (Fsp3) is 0.556. The van der Waals surface area contributed by atoms with Crippen LogP contribution >= 0.6 is 0 Å². The molecule has 0 atom stereocenters. The van der Waals surface area contributed by atoms with Gasteiger partial charge in [0.1, 0.15) is 17.4 Å². The molecule has 1 aromatic heterocycles. The second-order valence-corrected chi connectivity index (χ2v) is 6.89. The molecule has 1 aromatic carbocycles. The van der Waals surface area contributed by atoms with E-state index in [-0.39, 0.29) is 0 Å². The van der Waals surface area contributed by atoms with E-state index in [1.54, 1.807) is 0 Å². The van der Waals surface area contributed by atoms with E-state index in [0.717, 1.165) is 55.7 Å². The van der Waals surface area contributed by atoms with Crippen LogP contribution in [-0.4, -0.2) is 46.2 Å². The first kappa shape index (κ1) is 15.0. The van der Waals surface area contributed by atoms with Crippen molar-refractivity contribution < 1.29 is 14.2 Å². The van der Waals surface area contributed by atoms with Crippen molar-refractivity contribution in [1.29, 1.82) is 0 Å². The zero-order valence-electron chi connectivity index (χ0n) is 14.2. The van der Waals surface area contributed by atoms with Gasteiger partial charge < -0.3 is 18.8 Å². The van der Waals surface area contributed by atoms with E-state index >= 15 is 0 Å². The van der Waals surface area contributed by atoms with Gasteiger partial charge in [0.25, 0.3) is 0 Å². The number of fused-ring (bicyclic) bond motifs is 2. The molecule has 5 rings (SSSR count). The van der Waals surface area contributed by atoms with Gasteiger partial charge in [0.05, 0.1) is 13.2 Å². The first-order chi connectivity index (χ1) is 12.4. The first-order valence-corrected chi connectivity index (χ1v) is 9.03. The second-order valence-electron chi connectivity index (χ2n) is 6.89. The molecule has 2 aromatic rings. The monoisotopic (exact) mass is 342 g/mol. The lowest BCUT2D eigenvalue weighted by molar-refractivity contribution is 0.173. The van der Waals surface area contributed by atoms with Gasteiger partial charge in [0.15, 0.2) is 11.5 Å². The maximum Gasteiger partial charge on any atom is 0.231 e. The van der Waals surface area contributed by atoms with Crippen LogP contribution in [0.15, 0.2) is 18.2 Å². The van der Waals surface area contributed by atoms with Crippen LogP contribution in [-0.2, 0) is 13.1 Å². The van der Waals surface area contributed by atoms with Gasteiger partial charge >= 0.3 is 0 Å². The van der Waals surface area contributed by atoms with Crippen LogP contribution in [0.25, 0.3) is 0 Å². The number of rotatable bonds is 6. The zero-order valence-corrected chi connectivity index (χ0v) is 14.2. The molecule has 0 bridgehead atoms. The highest BCUT2D eigenvalue weighted by molar-refractivity contribution is 5.46. The molecule has 2 aliphatic heterocycles. The van der Waals surface area contributed by atoms with Crippen LogP contribution in [0.1, 0.15) is 36.8 Å². The van der Waals surface area contributed by atoms with E-state index in [9.17, 15) is 0 Å². The summed E-state index contributed by atoms with van der Waals surface area (Å²) in [5, 5.41) is 8.79. The number of hydrogen-bond acceptors (Lipinski definition) is 6. The molecule has 1 fully saturated rings. The number of aromatic nitrogens is 3. The van der Waals surface area contributed by atoms with Crippen molar-refractivity contribution in [2.24, 2.45) is 0 Å². The van der Waals surface area contributed by atoms with E-state index in [1.807, 2.05) is 18.2 Å². The van der Waals surface area contributed by atoms with E-state index < -0.39 is 0 Å². The second kappa shape index (κ2) is 6.22. The smallest absolute Gasteiger partial charge is 0.231 e. The molecule has 0 spiro atoms. The summed E-state index contributed by atoms with van der Waals surface area (Å²) in [7, 11) is 0. The molecule has 0 N–H and O–H groups in total. The highest BCUT2D eigenvalue weighted by Gasteiger charge is 2.31. The Labute approximate surface area is 146 Å². The Bertz CT molecular complexity index is 772. The third kappa shape index (κ3) is 3.04. The largest absolute Gasteiger partial charge is 0.493 e. The lowest BCUT2D eigenvalue weighted by Gasteiger charge is -2.27. The molecule has 0 amide bonds. The molecule has 7 heteroatoms. The molecule has 7 nitrogen and oxygen atoms in total. The van der Waals surface area contributed by atoms with Gasteiger partial charge in [-0.25, -0.2) is 0 Å². The maximum absolute atomic E-state index is 5.84. The Morgan fingerprint density at radius 1 is 1.12 bits per heavy atom. The van der Waals surface area contributed by atoms with Crippen molar-refractivity contribution in [2.45, 2.75) is 38.3 Å². The standard InChI is InChI=1S/C18H22N4O3/c1(9-23-14-4-5-15-16(10-14)25-12-24-15)6-21-7-8-22-17(11-21)19-20-18(22)13-2-3-13/h4-5,10,13H,1-3,6-9,11-12H2. The molecule has 132 valence electrons. The van der Waals surface area contributed by atoms with Crippen molar-refractivity contribution in [3.8, 4) is 17.2 Å². The van der Waals surface area contributed by atoms with E-state index in [4.69, 9.17) is 14.2 Å². The normalized spacial score (nSPS) is 19.0. The number of hydrogen-bond donors (Lipinski definition) is 0. The van der Waals surface area contributed by atoms with Crippen molar-refractivity contribution in [1.82, 2.24) is 19.7 Å². The SMILES string of the molecule is c1cc2c(cc1OCCCN1CCn3c(nnc3C3CC3)C1)OCO2. The van der Waals surface area contributed by atoms with Crippen LogP contribution < -0.4 is 14.2 Å². The Hall–Kier alpha value is -2.28. The molecule has 25 heavy (non-hydrogen) atoms. The summed E-state index contributed by atoms with van der Waals surface area (Å²) in [6.07, 6.45) is 3.54. The van der Waals surface area contributed by atoms with Gasteiger partial charge in [-0.05, 0) is 31.4 Å². The lowest BCUT2D eigenvalue weighted by atomic mass is 10.3. The summed E-state index contributed by atoms with van der Waals surface area (Å²) < 4.78 is 18.9. The third-order valence-electron chi connectivity index (χ3n) is 5.03. The van der Waals surface area contributed by atoms with Gasteiger partial charge in [-0.3, -0.25) is 4.90 Å². The van der Waals surface area contributed by atoms with Gasteiger partial charge in [0.2, 0.25) is 6.79 Å². The molecule has 3 aliphatic rings. The fourth-order valence-corrected chi connectivity index (χ4v) is 3.51. The molecule has 0 radical (unpaired) electrons. The summed E-state index contributed by atoms with van der Waals surface area (Å²) in [5.41, 5.74) is 0. The van der Waals surface area contributed by atoms with Gasteiger partial charge in [-0.2, -0.15) is 0 Å². The minimum absolute atomic E-state index is 0.292. The number of benzene rings is 1. The quantitative estimate of drug-likeness (QED) is 0.750. The lowest BCUT2D eigenvalue weighted by Crippen LogP contribution is -2.35. The molecule has 0 saturated heterocycles. The average molecular weight is 342 g/mol. The first-order valence-electron chi connectivity index (χ1n) is 9.03. The summed E-state index contributed by atoms with van der Waals surface area (Å²) in [6, 6.07) is 5.72. The van der Waals surface area contributed by atoms with Crippen molar-refractivity contribution in [3.63, 3.8) is 0 Å². The van der Waals surface area contributed by atoms with Crippen LogP contribution in [0.3, 0.4) is 0 Å². The maximum atomic E-state index is 5.84. The van der Waals surface area contributed by atoms with E-state index in [1.165, 1.54) is 18.7 Å². The predicted octanol–water partition coefficient (Wildman–Crippen LogP) is 2.17. The highest BCUT2D eigenvalue weighted by Crippen LogP contribution is 2.39. The summed E-state index contributed by atoms with van der Waals surface area (Å²) in [6.45, 7) is 4.96. The molecule has 3 heterocycles. The molecule has 0 unspecified atom stereocenters. The van der Waals surface area contributed by atoms with Crippen molar-refractivity contribution in [2.75, 3.05) is 26.5 Å². The molecule has 1 aliphatic carbocycles. The van der Waals surface area contributed by atoms with Gasteiger partial charge in [-0.1, -0.05) is 0 Å². The van der Waals surface area contributed by atoms with Gasteiger partial charge in [0, 0.05) is 31.6 Å². The minimum atomic E-state index is 0.292. The van der Waals surface area contributed by atoms with Crippen LogP contribution in [0, 0.1) is 0 Å². The van der Waals surface area contributed by atoms with Crippen molar-refractivity contribution >= 4 is 0 Å². The topological polar surface area (TPSA) is 61.6 Å². The van der Waals surface area contributed by atoms with Crippen LogP contribution in [0.4, 0.5) is 0 Å². The number of ether oxygens (including phenoxy) is 3. The summed E-state index contributed by atoms with van der Waals surface area (Å²) >= 11 is 0. The van der Waals surface area contributed by atoms with Crippen LogP contribution in [0.5, 0.6) is 17.2 Å². The average Bonchev–Trinajstić information content (AvgIpc) is 3.22. The zero-order chi connectivity index (χ0) is 16.6. The molecular weight excluding hydrogens is 320 g/mol. The Kier molecular flexibility index (Phi) is 3.73. The molecular formula is C18H22N4O3. The highest BCUT2D eigenvalue weighted by atomic mass is 16.7. The molecule has 1 saturated carbocycles. The fourth-order valence-electron chi connectivity index (χ4n) is 3.51. The summed E-state index contributed by atoms with van der Waals surface area (Å²) in [4.78, 5) is 2.43. The van der Waals surface area contributed by atoms with Crippen LogP contribution in [0.2, 0.25) is 0 Å². The third-order valence-corrected chi connectivity index (χ3v) is 5.03. The Balaban J connectivity index is 1.10. The van der Waals surface area contributed by atoms with E-state index in [0.29, 0.717) is 19.3 Å². The van der Waals surface area contributed by atoms with Gasteiger partial charge in [-0.15, -0.1) is 10.2 Å². The Morgan fingerprint density at radius 3 is 2.96 bits per heavy atom. The summed E-state index contributed by atoms with van der Waals surface area (Å²) in [5.74, 6) is 5.37.